The number of H-pyrrole nitrogens is 2. The van der Waals surface area contributed by atoms with Gasteiger partial charge in [-0.05, 0) is 42.0 Å². The molecule has 6 aromatic rings. The van der Waals surface area contributed by atoms with E-state index in [2.05, 4.69) is 25.1 Å². The number of ether oxygens (including phenoxy) is 1. The molecule has 2 N–H and O–H groups in total. The molecule has 0 saturated carbocycles. The Kier molecular flexibility index (Phi) is 4.32. The SMILES string of the molecule is COc1cc(F)cc(-c2cncc3[nH]c(-c4n[nH]c5ccc(-c6ccccn6)nc45)nc23)c1. The Bertz CT molecular complexity index is 1620. The molecule has 33 heavy (non-hydrogen) atoms. The van der Waals surface area contributed by atoms with Gasteiger partial charge in [0, 0.05) is 24.0 Å². The number of benzene rings is 1. The number of imidazole rings is 1. The maximum Gasteiger partial charge on any atom is 0.161 e. The maximum absolute atomic E-state index is 14.1. The van der Waals surface area contributed by atoms with E-state index in [-0.39, 0.29) is 0 Å². The molecule has 0 radical (unpaired) electrons. The lowest BCUT2D eigenvalue weighted by molar-refractivity contribution is 0.411. The second-order valence-corrected chi connectivity index (χ2v) is 7.43. The van der Waals surface area contributed by atoms with Crippen molar-refractivity contribution in [2.24, 2.45) is 0 Å². The molecular weight excluding hydrogens is 421 g/mol. The molecule has 0 aliphatic heterocycles. The Morgan fingerprint density at radius 2 is 1.85 bits per heavy atom. The Morgan fingerprint density at radius 1 is 0.909 bits per heavy atom. The van der Waals surface area contributed by atoms with Gasteiger partial charge in [-0.2, -0.15) is 5.10 Å². The van der Waals surface area contributed by atoms with E-state index in [9.17, 15) is 4.39 Å². The first kappa shape index (κ1) is 19.1. The first-order chi connectivity index (χ1) is 16.2. The van der Waals surface area contributed by atoms with Crippen LogP contribution in [0.15, 0.2) is 67.1 Å². The molecule has 0 aliphatic carbocycles. The van der Waals surface area contributed by atoms with Crippen molar-refractivity contribution < 1.29 is 9.13 Å². The Morgan fingerprint density at radius 3 is 2.70 bits per heavy atom. The van der Waals surface area contributed by atoms with Crippen molar-refractivity contribution in [2.45, 2.75) is 0 Å². The number of hydrogen-bond acceptors (Lipinski definition) is 6. The van der Waals surface area contributed by atoms with Gasteiger partial charge in [-0.15, -0.1) is 0 Å². The van der Waals surface area contributed by atoms with Gasteiger partial charge in [0.25, 0.3) is 0 Å². The summed E-state index contributed by atoms with van der Waals surface area (Å²) < 4.78 is 19.3. The fourth-order valence-electron chi connectivity index (χ4n) is 3.81. The smallest absolute Gasteiger partial charge is 0.161 e. The Balaban J connectivity index is 1.50. The maximum atomic E-state index is 14.1. The molecule has 0 saturated heterocycles. The molecule has 0 fully saturated rings. The zero-order valence-electron chi connectivity index (χ0n) is 17.4. The van der Waals surface area contributed by atoms with Crippen molar-refractivity contribution in [3.05, 3.63) is 72.9 Å². The molecule has 0 atom stereocenters. The molecule has 0 spiro atoms. The van der Waals surface area contributed by atoms with Crippen LogP contribution in [0.5, 0.6) is 5.75 Å². The Hall–Kier alpha value is -4.66. The lowest BCUT2D eigenvalue weighted by Crippen LogP contribution is -1.89. The molecule has 160 valence electrons. The fraction of sp³-hybridized carbons (Fsp3) is 0.0417. The predicted molar refractivity (Wildman–Crippen MR) is 122 cm³/mol. The zero-order chi connectivity index (χ0) is 22.4. The predicted octanol–water partition coefficient (Wildman–Crippen LogP) is 4.77. The summed E-state index contributed by atoms with van der Waals surface area (Å²) in [6, 6.07) is 14.0. The zero-order valence-corrected chi connectivity index (χ0v) is 17.4. The van der Waals surface area contributed by atoms with E-state index < -0.39 is 5.82 Å². The van der Waals surface area contributed by atoms with Crippen molar-refractivity contribution in [1.82, 2.24) is 35.1 Å². The molecular formula is C24H16FN7O. The molecule has 9 heteroatoms. The van der Waals surface area contributed by atoms with Gasteiger partial charge in [-0.3, -0.25) is 15.1 Å². The van der Waals surface area contributed by atoms with Crippen LogP contribution in [0.3, 0.4) is 0 Å². The highest BCUT2D eigenvalue weighted by atomic mass is 19.1. The summed E-state index contributed by atoms with van der Waals surface area (Å²) in [6.07, 6.45) is 5.06. The van der Waals surface area contributed by atoms with Crippen molar-refractivity contribution in [2.75, 3.05) is 7.11 Å². The van der Waals surface area contributed by atoms with Gasteiger partial charge in [0.2, 0.25) is 0 Å². The number of aromatic amines is 2. The monoisotopic (exact) mass is 437 g/mol. The highest BCUT2D eigenvalue weighted by Gasteiger charge is 2.18. The third-order valence-corrected chi connectivity index (χ3v) is 5.37. The number of nitrogens with zero attached hydrogens (tertiary/aromatic N) is 5. The average molecular weight is 437 g/mol. The highest BCUT2D eigenvalue weighted by molar-refractivity contribution is 5.95. The Labute approximate surface area is 186 Å². The van der Waals surface area contributed by atoms with E-state index in [4.69, 9.17) is 14.7 Å². The third kappa shape index (κ3) is 3.26. The summed E-state index contributed by atoms with van der Waals surface area (Å²) in [7, 11) is 1.50. The summed E-state index contributed by atoms with van der Waals surface area (Å²) >= 11 is 0. The molecule has 1 aromatic carbocycles. The molecule has 0 unspecified atom stereocenters. The number of hydrogen-bond donors (Lipinski definition) is 2. The lowest BCUT2D eigenvalue weighted by atomic mass is 10.1. The normalized spacial score (nSPS) is 11.3. The quantitative estimate of drug-likeness (QED) is 0.411. The van der Waals surface area contributed by atoms with Crippen LogP contribution in [0.1, 0.15) is 0 Å². The molecule has 0 aliphatic rings. The van der Waals surface area contributed by atoms with Gasteiger partial charge in [0.1, 0.15) is 17.1 Å². The van der Waals surface area contributed by atoms with Crippen molar-refractivity contribution >= 4 is 22.1 Å². The average Bonchev–Trinajstić information content (AvgIpc) is 3.47. The van der Waals surface area contributed by atoms with Crippen LogP contribution in [0, 0.1) is 5.82 Å². The molecule has 0 amide bonds. The lowest BCUT2D eigenvalue weighted by Gasteiger charge is -2.06. The first-order valence-electron chi connectivity index (χ1n) is 10.1. The van der Waals surface area contributed by atoms with Crippen molar-refractivity contribution in [3.8, 4) is 39.8 Å². The number of fused-ring (bicyclic) bond motifs is 2. The van der Waals surface area contributed by atoms with Gasteiger partial charge in [-0.1, -0.05) is 6.07 Å². The number of aromatic nitrogens is 7. The second kappa shape index (κ2) is 7.49. The summed E-state index contributed by atoms with van der Waals surface area (Å²) in [5.41, 5.74) is 6.14. The van der Waals surface area contributed by atoms with E-state index in [0.29, 0.717) is 44.9 Å². The van der Waals surface area contributed by atoms with E-state index in [1.54, 1.807) is 24.7 Å². The second-order valence-electron chi connectivity index (χ2n) is 7.43. The van der Waals surface area contributed by atoms with Gasteiger partial charge in [0.05, 0.1) is 41.2 Å². The van der Waals surface area contributed by atoms with E-state index >= 15 is 0 Å². The minimum atomic E-state index is -0.401. The largest absolute Gasteiger partial charge is 0.497 e. The number of pyridine rings is 3. The molecule has 5 aromatic heterocycles. The minimum Gasteiger partial charge on any atom is -0.497 e. The van der Waals surface area contributed by atoms with Crippen LogP contribution >= 0.6 is 0 Å². The van der Waals surface area contributed by atoms with Gasteiger partial charge in [0.15, 0.2) is 11.5 Å². The van der Waals surface area contributed by atoms with Crippen LogP contribution < -0.4 is 4.74 Å². The van der Waals surface area contributed by atoms with Crippen molar-refractivity contribution in [3.63, 3.8) is 0 Å². The number of nitrogens with one attached hydrogen (secondary N) is 2. The van der Waals surface area contributed by atoms with E-state index in [1.165, 1.54) is 19.2 Å². The fourth-order valence-corrected chi connectivity index (χ4v) is 3.81. The molecule has 0 bridgehead atoms. The van der Waals surface area contributed by atoms with Crippen LogP contribution in [0.25, 0.3) is 56.1 Å². The van der Waals surface area contributed by atoms with Crippen LogP contribution in [-0.2, 0) is 0 Å². The molecule has 5 heterocycles. The summed E-state index contributed by atoms with van der Waals surface area (Å²) in [5, 5.41) is 7.44. The minimum absolute atomic E-state index is 0.401. The number of rotatable bonds is 4. The summed E-state index contributed by atoms with van der Waals surface area (Å²) in [6.45, 7) is 0. The van der Waals surface area contributed by atoms with Gasteiger partial charge >= 0.3 is 0 Å². The standard InChI is InChI=1S/C24H16FN7O/c1-33-15-9-13(8-14(25)10-15)16-11-26-12-20-21(16)30-24(29-20)23-22-19(31-32-23)6-5-18(28-22)17-4-2-3-7-27-17/h2-12H,1H3,(H,29,30)(H,31,32). The molecule has 6 rings (SSSR count). The topological polar surface area (TPSA) is 105 Å². The highest BCUT2D eigenvalue weighted by Crippen LogP contribution is 2.32. The molecule has 8 nitrogen and oxygen atoms in total. The third-order valence-electron chi connectivity index (χ3n) is 5.37. The number of methoxy groups -OCH3 is 1. The van der Waals surface area contributed by atoms with Gasteiger partial charge < -0.3 is 9.72 Å². The van der Waals surface area contributed by atoms with Gasteiger partial charge in [-0.25, -0.2) is 14.4 Å². The van der Waals surface area contributed by atoms with E-state index in [1.807, 2.05) is 30.3 Å². The first-order valence-corrected chi connectivity index (χ1v) is 10.1. The van der Waals surface area contributed by atoms with E-state index in [0.717, 1.165) is 16.9 Å². The number of halogens is 1. The van der Waals surface area contributed by atoms with Crippen LogP contribution in [-0.4, -0.2) is 42.2 Å². The van der Waals surface area contributed by atoms with Crippen LogP contribution in [0.4, 0.5) is 4.39 Å². The van der Waals surface area contributed by atoms with Crippen LogP contribution in [0.2, 0.25) is 0 Å². The summed E-state index contributed by atoms with van der Waals surface area (Å²) in [4.78, 5) is 21.5. The summed E-state index contributed by atoms with van der Waals surface area (Å²) in [5.74, 6) is 0.545. The van der Waals surface area contributed by atoms with Crippen molar-refractivity contribution in [1.29, 1.82) is 0 Å².